The van der Waals surface area contributed by atoms with Crippen molar-refractivity contribution in [3.63, 3.8) is 0 Å². The van der Waals surface area contributed by atoms with Crippen molar-refractivity contribution < 1.29 is 14.3 Å². The summed E-state index contributed by atoms with van der Waals surface area (Å²) in [6.07, 6.45) is -0.596. The predicted molar refractivity (Wildman–Crippen MR) is 69.0 cm³/mol. The molecule has 90 valence electrons. The Balaban J connectivity index is 2.38. The van der Waals surface area contributed by atoms with Gasteiger partial charge in [0.05, 0.1) is 11.6 Å². The van der Waals surface area contributed by atoms with Crippen molar-refractivity contribution >= 4 is 15.9 Å². The molecule has 0 bridgehead atoms. The fraction of sp³-hybridized carbons (Fsp3) is 0.231. The third-order valence-electron chi connectivity index (χ3n) is 2.47. The number of halogens is 1. The number of methoxy groups -OCH3 is 1. The van der Waals surface area contributed by atoms with E-state index in [1.54, 1.807) is 20.1 Å². The molecule has 0 saturated carbocycles. The van der Waals surface area contributed by atoms with Crippen molar-refractivity contribution in [2.45, 2.75) is 13.0 Å². The number of aliphatic hydroxyl groups excluding tert-OH is 1. The van der Waals surface area contributed by atoms with Crippen LogP contribution in [-0.4, -0.2) is 12.2 Å². The molecule has 0 radical (unpaired) electrons. The highest BCUT2D eigenvalue weighted by molar-refractivity contribution is 9.10. The standard InChI is InChI=1S/C13H13BrO3/c1-8(15)11-5-6-12(17-11)9-3-4-10(14)13(7-9)16-2/h3-8,15H,1-2H3. The van der Waals surface area contributed by atoms with Crippen molar-refractivity contribution in [3.05, 3.63) is 40.6 Å². The van der Waals surface area contributed by atoms with Crippen LogP contribution in [0.5, 0.6) is 5.75 Å². The molecule has 0 saturated heterocycles. The molecule has 0 aliphatic carbocycles. The van der Waals surface area contributed by atoms with Crippen LogP contribution in [0.25, 0.3) is 11.3 Å². The third-order valence-corrected chi connectivity index (χ3v) is 3.13. The molecular formula is C13H13BrO3. The van der Waals surface area contributed by atoms with Crippen molar-refractivity contribution in [2.75, 3.05) is 7.11 Å². The van der Waals surface area contributed by atoms with Crippen LogP contribution in [0, 0.1) is 0 Å². The lowest BCUT2D eigenvalue weighted by molar-refractivity contribution is 0.170. The van der Waals surface area contributed by atoms with Crippen LogP contribution in [-0.2, 0) is 0 Å². The molecular weight excluding hydrogens is 284 g/mol. The molecule has 1 aromatic heterocycles. The molecule has 4 heteroatoms. The van der Waals surface area contributed by atoms with Gasteiger partial charge >= 0.3 is 0 Å². The number of aliphatic hydroxyl groups is 1. The average Bonchev–Trinajstić information content (AvgIpc) is 2.79. The lowest BCUT2D eigenvalue weighted by Crippen LogP contribution is -1.86. The van der Waals surface area contributed by atoms with Gasteiger partial charge in [-0.15, -0.1) is 0 Å². The van der Waals surface area contributed by atoms with E-state index in [2.05, 4.69) is 15.9 Å². The highest BCUT2D eigenvalue weighted by Gasteiger charge is 2.10. The quantitative estimate of drug-likeness (QED) is 0.937. The molecule has 0 fully saturated rings. The Morgan fingerprint density at radius 3 is 2.65 bits per heavy atom. The zero-order valence-electron chi connectivity index (χ0n) is 9.61. The number of hydrogen-bond donors (Lipinski definition) is 1. The van der Waals surface area contributed by atoms with Gasteiger partial charge in [0.1, 0.15) is 23.4 Å². The zero-order valence-corrected chi connectivity index (χ0v) is 11.2. The highest BCUT2D eigenvalue weighted by Crippen LogP contribution is 2.32. The topological polar surface area (TPSA) is 42.6 Å². The van der Waals surface area contributed by atoms with E-state index in [9.17, 15) is 5.11 Å². The molecule has 1 aromatic carbocycles. The molecule has 3 nitrogen and oxygen atoms in total. The summed E-state index contributed by atoms with van der Waals surface area (Å²) in [4.78, 5) is 0. The number of ether oxygens (including phenoxy) is 1. The molecule has 1 unspecified atom stereocenters. The molecule has 2 aromatic rings. The van der Waals surface area contributed by atoms with E-state index < -0.39 is 6.10 Å². The summed E-state index contributed by atoms with van der Waals surface area (Å²) >= 11 is 3.40. The van der Waals surface area contributed by atoms with Gasteiger partial charge < -0.3 is 14.3 Å². The van der Waals surface area contributed by atoms with Crippen LogP contribution >= 0.6 is 15.9 Å². The molecule has 1 N–H and O–H groups in total. The summed E-state index contributed by atoms with van der Waals surface area (Å²) in [5, 5.41) is 9.40. The molecule has 0 aliphatic rings. The summed E-state index contributed by atoms with van der Waals surface area (Å²) < 4.78 is 11.7. The van der Waals surface area contributed by atoms with Gasteiger partial charge in [-0.25, -0.2) is 0 Å². The van der Waals surface area contributed by atoms with E-state index >= 15 is 0 Å². The van der Waals surface area contributed by atoms with Crippen LogP contribution in [0.15, 0.2) is 39.2 Å². The Morgan fingerprint density at radius 2 is 2.06 bits per heavy atom. The Morgan fingerprint density at radius 1 is 1.29 bits per heavy atom. The second-order valence-corrected chi connectivity index (χ2v) is 4.58. The normalized spacial score (nSPS) is 12.5. The van der Waals surface area contributed by atoms with E-state index in [-0.39, 0.29) is 0 Å². The zero-order chi connectivity index (χ0) is 12.4. The van der Waals surface area contributed by atoms with Crippen LogP contribution in [0.4, 0.5) is 0 Å². The summed E-state index contributed by atoms with van der Waals surface area (Å²) in [6.45, 7) is 1.67. The van der Waals surface area contributed by atoms with Gasteiger partial charge in [-0.05, 0) is 53.2 Å². The fourth-order valence-corrected chi connectivity index (χ4v) is 1.95. The minimum atomic E-state index is -0.596. The Labute approximate surface area is 108 Å². The van der Waals surface area contributed by atoms with E-state index in [0.29, 0.717) is 11.5 Å². The summed E-state index contributed by atoms with van der Waals surface area (Å²) in [5.41, 5.74) is 0.914. The summed E-state index contributed by atoms with van der Waals surface area (Å²) in [5.74, 6) is 2.02. The maximum Gasteiger partial charge on any atom is 0.134 e. The van der Waals surface area contributed by atoms with E-state index in [4.69, 9.17) is 9.15 Å². The van der Waals surface area contributed by atoms with Crippen molar-refractivity contribution in [1.29, 1.82) is 0 Å². The lowest BCUT2D eigenvalue weighted by Gasteiger charge is -2.05. The largest absolute Gasteiger partial charge is 0.496 e. The monoisotopic (exact) mass is 296 g/mol. The van der Waals surface area contributed by atoms with Gasteiger partial charge in [0, 0.05) is 5.56 Å². The minimum absolute atomic E-state index is 0.557. The third kappa shape index (κ3) is 2.53. The Kier molecular flexibility index (Phi) is 3.54. The second kappa shape index (κ2) is 4.94. The van der Waals surface area contributed by atoms with Gasteiger partial charge in [0.25, 0.3) is 0 Å². The molecule has 1 heterocycles. The average molecular weight is 297 g/mol. The molecule has 0 spiro atoms. The number of benzene rings is 1. The van der Waals surface area contributed by atoms with E-state index in [1.165, 1.54) is 0 Å². The smallest absolute Gasteiger partial charge is 0.134 e. The van der Waals surface area contributed by atoms with Crippen molar-refractivity contribution in [3.8, 4) is 17.1 Å². The Bertz CT molecular complexity index is 517. The molecule has 0 aliphatic heterocycles. The molecule has 2 rings (SSSR count). The Hall–Kier alpha value is -1.26. The van der Waals surface area contributed by atoms with Crippen molar-refractivity contribution in [2.24, 2.45) is 0 Å². The van der Waals surface area contributed by atoms with Gasteiger partial charge in [0.2, 0.25) is 0 Å². The first kappa shape index (κ1) is 12.2. The first-order chi connectivity index (χ1) is 8.11. The van der Waals surface area contributed by atoms with Gasteiger partial charge in [0.15, 0.2) is 0 Å². The molecule has 1 atom stereocenters. The van der Waals surface area contributed by atoms with Gasteiger partial charge in [-0.3, -0.25) is 0 Å². The molecule has 0 amide bonds. The van der Waals surface area contributed by atoms with Crippen LogP contribution in [0.2, 0.25) is 0 Å². The van der Waals surface area contributed by atoms with Crippen LogP contribution < -0.4 is 4.74 Å². The van der Waals surface area contributed by atoms with Gasteiger partial charge in [-0.2, -0.15) is 0 Å². The van der Waals surface area contributed by atoms with E-state index in [0.717, 1.165) is 15.8 Å². The second-order valence-electron chi connectivity index (χ2n) is 3.73. The number of hydrogen-bond acceptors (Lipinski definition) is 3. The summed E-state index contributed by atoms with van der Waals surface area (Å²) in [6, 6.07) is 9.32. The SMILES string of the molecule is COc1cc(-c2ccc(C(C)O)o2)ccc1Br. The van der Waals surface area contributed by atoms with Crippen molar-refractivity contribution in [1.82, 2.24) is 0 Å². The van der Waals surface area contributed by atoms with E-state index in [1.807, 2.05) is 24.3 Å². The first-order valence-corrected chi connectivity index (χ1v) is 6.03. The number of rotatable bonds is 3. The van der Waals surface area contributed by atoms with Crippen LogP contribution in [0.3, 0.4) is 0 Å². The highest BCUT2D eigenvalue weighted by atomic mass is 79.9. The maximum atomic E-state index is 9.40. The maximum absolute atomic E-state index is 9.40. The van der Waals surface area contributed by atoms with Crippen LogP contribution in [0.1, 0.15) is 18.8 Å². The predicted octanol–water partition coefficient (Wildman–Crippen LogP) is 3.77. The lowest BCUT2D eigenvalue weighted by atomic mass is 10.1. The minimum Gasteiger partial charge on any atom is -0.496 e. The van der Waals surface area contributed by atoms with Gasteiger partial charge in [-0.1, -0.05) is 0 Å². The number of furan rings is 1. The summed E-state index contributed by atoms with van der Waals surface area (Å²) in [7, 11) is 1.62. The molecule has 17 heavy (non-hydrogen) atoms. The fourth-order valence-electron chi connectivity index (χ4n) is 1.55. The first-order valence-electron chi connectivity index (χ1n) is 5.23.